The second kappa shape index (κ2) is 7.68. The van der Waals surface area contributed by atoms with Gasteiger partial charge in [-0.3, -0.25) is 9.59 Å². The Morgan fingerprint density at radius 3 is 2.32 bits per heavy atom. The highest BCUT2D eigenvalue weighted by Crippen LogP contribution is 2.29. The summed E-state index contributed by atoms with van der Waals surface area (Å²) in [5, 5.41) is 3.24. The third-order valence-corrected chi connectivity index (χ3v) is 4.24. The van der Waals surface area contributed by atoms with Crippen molar-refractivity contribution in [2.45, 2.75) is 33.8 Å². The molecule has 1 amide bonds. The van der Waals surface area contributed by atoms with Gasteiger partial charge in [0, 0.05) is 28.3 Å². The molecule has 0 aliphatic carbocycles. The van der Waals surface area contributed by atoms with E-state index < -0.39 is 11.9 Å². The van der Waals surface area contributed by atoms with Crippen molar-refractivity contribution >= 4 is 34.3 Å². The average Bonchev–Trinajstić information content (AvgIpc) is 2.97. The van der Waals surface area contributed by atoms with Crippen LogP contribution < -0.4 is 5.32 Å². The van der Waals surface area contributed by atoms with Crippen LogP contribution in [0.4, 0.5) is 5.69 Å². The van der Waals surface area contributed by atoms with Gasteiger partial charge >= 0.3 is 11.9 Å². The van der Waals surface area contributed by atoms with Gasteiger partial charge in [0.1, 0.15) is 5.58 Å². The highest BCUT2D eigenvalue weighted by atomic mass is 16.5. The van der Waals surface area contributed by atoms with Crippen LogP contribution >= 0.6 is 0 Å². The van der Waals surface area contributed by atoms with Crippen LogP contribution in [-0.2, 0) is 14.3 Å². The van der Waals surface area contributed by atoms with Crippen molar-refractivity contribution in [1.82, 2.24) is 0 Å². The molecular formula is C22H21NO5. The van der Waals surface area contributed by atoms with Crippen LogP contribution in [0, 0.1) is 13.8 Å². The summed E-state index contributed by atoms with van der Waals surface area (Å²) >= 11 is 0. The molecule has 0 fully saturated rings. The summed E-state index contributed by atoms with van der Waals surface area (Å²) in [6.07, 6.45) is -0.385. The molecule has 6 nitrogen and oxygen atoms in total. The number of ketones is 1. The van der Waals surface area contributed by atoms with Crippen molar-refractivity contribution in [1.29, 1.82) is 0 Å². The summed E-state index contributed by atoms with van der Waals surface area (Å²) < 4.78 is 10.6. The van der Waals surface area contributed by atoms with Crippen LogP contribution in [0.25, 0.3) is 11.0 Å². The Bertz CT molecular complexity index is 1060. The normalized spacial score (nSPS) is 10.9. The number of benzene rings is 2. The highest BCUT2D eigenvalue weighted by Gasteiger charge is 2.21. The standard InChI is InChI=1S/C22H21NO5/c1-12(2)27-22(26)21(25)23-16-9-10-17-14(4)20(28-18(17)11-16)19(24)15-7-5-13(3)6-8-15/h5-12H,1-4H3,(H,23,25). The first-order chi connectivity index (χ1) is 13.3. The molecule has 0 saturated carbocycles. The van der Waals surface area contributed by atoms with Crippen LogP contribution in [0.15, 0.2) is 46.9 Å². The number of amides is 1. The Hall–Kier alpha value is -3.41. The van der Waals surface area contributed by atoms with Gasteiger partial charge in [0.2, 0.25) is 5.78 Å². The number of carbonyl (C=O) groups is 3. The van der Waals surface area contributed by atoms with Crippen LogP contribution in [0.5, 0.6) is 0 Å². The van der Waals surface area contributed by atoms with Crippen molar-refractivity contribution in [2.75, 3.05) is 5.32 Å². The van der Waals surface area contributed by atoms with Gasteiger partial charge in [-0.1, -0.05) is 29.8 Å². The second-order valence-electron chi connectivity index (χ2n) is 6.87. The van der Waals surface area contributed by atoms with Crippen LogP contribution in [0.1, 0.15) is 41.1 Å². The largest absolute Gasteiger partial charge is 0.456 e. The molecule has 3 rings (SSSR count). The van der Waals surface area contributed by atoms with Crippen molar-refractivity contribution in [2.24, 2.45) is 0 Å². The lowest BCUT2D eigenvalue weighted by molar-refractivity contribution is -0.155. The molecule has 0 atom stereocenters. The molecular weight excluding hydrogens is 358 g/mol. The monoisotopic (exact) mass is 379 g/mol. The number of ether oxygens (including phenoxy) is 1. The van der Waals surface area contributed by atoms with E-state index in [2.05, 4.69) is 5.32 Å². The minimum Gasteiger partial charge on any atom is -0.456 e. The van der Waals surface area contributed by atoms with Gasteiger partial charge in [-0.05, 0) is 39.8 Å². The first kappa shape index (κ1) is 19.4. The number of hydrogen-bond acceptors (Lipinski definition) is 5. The van der Waals surface area contributed by atoms with Gasteiger partial charge in [-0.2, -0.15) is 0 Å². The molecule has 0 bridgehead atoms. The lowest BCUT2D eigenvalue weighted by Gasteiger charge is -2.08. The zero-order valence-corrected chi connectivity index (χ0v) is 16.2. The topological polar surface area (TPSA) is 85.6 Å². The van der Waals surface area contributed by atoms with Crippen molar-refractivity contribution < 1.29 is 23.5 Å². The van der Waals surface area contributed by atoms with Gasteiger partial charge in [0.05, 0.1) is 6.10 Å². The summed E-state index contributed by atoms with van der Waals surface area (Å²) in [6, 6.07) is 12.2. The summed E-state index contributed by atoms with van der Waals surface area (Å²) in [4.78, 5) is 36.3. The third-order valence-electron chi connectivity index (χ3n) is 4.24. The first-order valence-corrected chi connectivity index (χ1v) is 8.92. The Morgan fingerprint density at radius 1 is 1.00 bits per heavy atom. The van der Waals surface area contributed by atoms with E-state index in [9.17, 15) is 14.4 Å². The zero-order chi connectivity index (χ0) is 20.4. The maximum absolute atomic E-state index is 12.8. The number of aryl methyl sites for hydroxylation is 2. The molecule has 2 aromatic carbocycles. The lowest BCUT2D eigenvalue weighted by atomic mass is 10.0. The molecule has 0 aliphatic rings. The van der Waals surface area contributed by atoms with Gasteiger partial charge in [-0.25, -0.2) is 4.79 Å². The van der Waals surface area contributed by atoms with Crippen LogP contribution in [-0.4, -0.2) is 23.8 Å². The number of anilines is 1. The molecule has 0 radical (unpaired) electrons. The molecule has 0 spiro atoms. The number of esters is 1. The maximum atomic E-state index is 12.8. The van der Waals surface area contributed by atoms with Crippen molar-refractivity contribution in [3.8, 4) is 0 Å². The molecule has 28 heavy (non-hydrogen) atoms. The Balaban J connectivity index is 1.87. The molecule has 6 heteroatoms. The second-order valence-corrected chi connectivity index (χ2v) is 6.87. The van der Waals surface area contributed by atoms with E-state index in [0.29, 0.717) is 16.8 Å². The molecule has 144 valence electrons. The average molecular weight is 379 g/mol. The number of nitrogens with one attached hydrogen (secondary N) is 1. The van der Waals surface area contributed by atoms with E-state index in [1.165, 1.54) is 0 Å². The molecule has 1 heterocycles. The van der Waals surface area contributed by atoms with E-state index in [0.717, 1.165) is 16.5 Å². The number of rotatable bonds is 4. The van der Waals surface area contributed by atoms with E-state index in [4.69, 9.17) is 9.15 Å². The molecule has 1 aromatic heterocycles. The Kier molecular flexibility index (Phi) is 5.31. The van der Waals surface area contributed by atoms with E-state index in [1.54, 1.807) is 44.2 Å². The number of furan rings is 1. The molecule has 0 saturated heterocycles. The van der Waals surface area contributed by atoms with Crippen LogP contribution in [0.3, 0.4) is 0 Å². The third kappa shape index (κ3) is 3.96. The fraction of sp³-hybridized carbons (Fsp3) is 0.227. The SMILES string of the molecule is Cc1ccc(C(=O)c2oc3cc(NC(=O)C(=O)OC(C)C)ccc3c2C)cc1. The number of hydrogen-bond donors (Lipinski definition) is 1. The predicted octanol–water partition coefficient (Wildman–Crippen LogP) is 4.17. The molecule has 0 unspecified atom stereocenters. The minimum absolute atomic E-state index is 0.209. The van der Waals surface area contributed by atoms with Gasteiger partial charge in [-0.15, -0.1) is 0 Å². The van der Waals surface area contributed by atoms with E-state index in [-0.39, 0.29) is 17.6 Å². The Labute approximate surface area is 162 Å². The highest BCUT2D eigenvalue weighted by molar-refractivity contribution is 6.37. The summed E-state index contributed by atoms with van der Waals surface area (Å²) in [6.45, 7) is 7.09. The summed E-state index contributed by atoms with van der Waals surface area (Å²) in [5.41, 5.74) is 3.15. The zero-order valence-electron chi connectivity index (χ0n) is 16.2. The predicted molar refractivity (Wildman–Crippen MR) is 105 cm³/mol. The van der Waals surface area contributed by atoms with Crippen molar-refractivity contribution in [3.63, 3.8) is 0 Å². The van der Waals surface area contributed by atoms with Gasteiger partial charge in [0.25, 0.3) is 0 Å². The first-order valence-electron chi connectivity index (χ1n) is 8.92. The van der Waals surface area contributed by atoms with Gasteiger partial charge < -0.3 is 14.5 Å². The number of carbonyl (C=O) groups excluding carboxylic acids is 3. The molecule has 3 aromatic rings. The maximum Gasteiger partial charge on any atom is 0.397 e. The fourth-order valence-electron chi connectivity index (χ4n) is 2.81. The van der Waals surface area contributed by atoms with Gasteiger partial charge in [0.15, 0.2) is 5.76 Å². The quantitative estimate of drug-likeness (QED) is 0.418. The lowest BCUT2D eigenvalue weighted by Crippen LogP contribution is -2.27. The smallest absolute Gasteiger partial charge is 0.397 e. The number of fused-ring (bicyclic) bond motifs is 1. The Morgan fingerprint density at radius 2 is 1.68 bits per heavy atom. The van der Waals surface area contributed by atoms with Crippen molar-refractivity contribution in [3.05, 3.63) is 64.9 Å². The van der Waals surface area contributed by atoms with E-state index in [1.807, 2.05) is 26.0 Å². The summed E-state index contributed by atoms with van der Waals surface area (Å²) in [5.74, 6) is -1.78. The fourth-order valence-corrected chi connectivity index (χ4v) is 2.81. The molecule has 1 N–H and O–H groups in total. The van der Waals surface area contributed by atoms with Crippen LogP contribution in [0.2, 0.25) is 0 Å². The molecule has 0 aliphatic heterocycles. The minimum atomic E-state index is -0.957. The summed E-state index contributed by atoms with van der Waals surface area (Å²) in [7, 11) is 0. The van der Waals surface area contributed by atoms with E-state index >= 15 is 0 Å².